The third-order valence-electron chi connectivity index (χ3n) is 9.25. The molecule has 2 fully saturated rings. The molecule has 1 saturated carbocycles. The van der Waals surface area contributed by atoms with E-state index in [1.807, 2.05) is 0 Å². The van der Waals surface area contributed by atoms with Crippen LogP contribution in [-0.4, -0.2) is 53.2 Å². The minimum absolute atomic E-state index is 0.0914. The predicted molar refractivity (Wildman–Crippen MR) is 163 cm³/mol. The van der Waals surface area contributed by atoms with Gasteiger partial charge in [-0.1, -0.05) is 12.1 Å². The normalized spacial score (nSPS) is 21.0. The van der Waals surface area contributed by atoms with Crippen LogP contribution in [0.3, 0.4) is 0 Å². The van der Waals surface area contributed by atoms with Gasteiger partial charge in [0.1, 0.15) is 23.3 Å². The van der Waals surface area contributed by atoms with Gasteiger partial charge in [-0.15, -0.1) is 8.78 Å². The van der Waals surface area contributed by atoms with Crippen LogP contribution in [0.4, 0.5) is 32.0 Å². The van der Waals surface area contributed by atoms with Crippen molar-refractivity contribution in [2.45, 2.75) is 37.0 Å². The van der Waals surface area contributed by atoms with Gasteiger partial charge in [-0.3, -0.25) is 14.6 Å². The molecule has 1 saturated heterocycles. The van der Waals surface area contributed by atoms with Gasteiger partial charge in [-0.05, 0) is 72.4 Å². The Hall–Kier alpha value is -5.11. The molecule has 3 heterocycles. The summed E-state index contributed by atoms with van der Waals surface area (Å²) in [6.45, 7) is 1.20. The van der Waals surface area contributed by atoms with Crippen molar-refractivity contribution in [2.24, 2.45) is 5.92 Å². The number of hydrogen-bond donors (Lipinski definition) is 2. The van der Waals surface area contributed by atoms with E-state index in [2.05, 4.69) is 25.1 Å². The summed E-state index contributed by atoms with van der Waals surface area (Å²) in [5, 5.41) is 5.97. The Bertz CT molecular complexity index is 1920. The number of hydrogen-bond acceptors (Lipinski definition) is 6. The molecule has 2 amide bonds. The molecule has 7 rings (SSSR count). The van der Waals surface area contributed by atoms with Gasteiger partial charge < -0.3 is 25.0 Å². The molecule has 254 valence electrons. The maximum Gasteiger partial charge on any atom is 0.586 e. The van der Waals surface area contributed by atoms with Crippen LogP contribution < -0.4 is 20.1 Å². The molecule has 4 aromatic rings. The summed E-state index contributed by atoms with van der Waals surface area (Å²) in [7, 11) is 0. The van der Waals surface area contributed by atoms with Crippen molar-refractivity contribution in [1.82, 2.24) is 15.2 Å². The Balaban J connectivity index is 1.10. The molecule has 49 heavy (non-hydrogen) atoms. The maximum absolute atomic E-state index is 15.4. The van der Waals surface area contributed by atoms with E-state index in [1.165, 1.54) is 48.7 Å². The first-order valence-corrected chi connectivity index (χ1v) is 15.5. The summed E-state index contributed by atoms with van der Waals surface area (Å²) in [5.41, 5.74) is 0.260. The molecule has 1 unspecified atom stereocenters. The molecule has 14 heteroatoms. The number of carbonyl (C=O) groups is 2. The summed E-state index contributed by atoms with van der Waals surface area (Å²) in [6.07, 6.45) is -1.21. The molecular weight excluding hydrogens is 654 g/mol. The van der Waals surface area contributed by atoms with Crippen molar-refractivity contribution in [1.29, 1.82) is 0 Å². The van der Waals surface area contributed by atoms with Crippen LogP contribution in [0.15, 0.2) is 73.1 Å². The van der Waals surface area contributed by atoms with Gasteiger partial charge in [-0.25, -0.2) is 17.6 Å². The standard InChI is InChI=1S/C35H28F6N4O4/c36-23-4-1-19(2-5-23)26(21-9-24(37)13-25(38)10-21)14-32(46)44-29-17-43-16-28(39)27(29)12-22-15-34(22)18-42-7-8-45(34)33(47)20-3-6-30-31(11-20)49-35(40,41)48-30/h1-6,9-11,13,16-17,22,26,42H,7-8,12,14-15,18H2,(H,44,46)/t22-,26+,34?/m1/s1. The number of nitrogens with one attached hydrogen (secondary N) is 2. The van der Waals surface area contributed by atoms with E-state index in [9.17, 15) is 31.5 Å². The van der Waals surface area contributed by atoms with E-state index < -0.39 is 52.8 Å². The molecule has 1 aromatic heterocycles. The van der Waals surface area contributed by atoms with Gasteiger partial charge in [0.2, 0.25) is 5.91 Å². The predicted octanol–water partition coefficient (Wildman–Crippen LogP) is 6.17. The van der Waals surface area contributed by atoms with Crippen LogP contribution in [0, 0.1) is 29.2 Å². The third-order valence-corrected chi connectivity index (χ3v) is 9.25. The second-order valence-corrected chi connectivity index (χ2v) is 12.4. The molecule has 2 N–H and O–H groups in total. The van der Waals surface area contributed by atoms with Crippen molar-refractivity contribution >= 4 is 17.5 Å². The zero-order valence-corrected chi connectivity index (χ0v) is 25.6. The molecule has 2 aliphatic heterocycles. The van der Waals surface area contributed by atoms with Crippen molar-refractivity contribution in [3.05, 3.63) is 119 Å². The Morgan fingerprint density at radius 2 is 1.65 bits per heavy atom. The Kier molecular flexibility index (Phi) is 8.21. The Labute approximate surface area is 276 Å². The fourth-order valence-electron chi connectivity index (χ4n) is 6.84. The van der Waals surface area contributed by atoms with Gasteiger partial charge in [0.25, 0.3) is 5.91 Å². The van der Waals surface area contributed by atoms with Crippen molar-refractivity contribution in [2.75, 3.05) is 25.0 Å². The first-order valence-electron chi connectivity index (χ1n) is 15.5. The van der Waals surface area contributed by atoms with Gasteiger partial charge >= 0.3 is 6.29 Å². The number of aromatic nitrogens is 1. The van der Waals surface area contributed by atoms with E-state index in [-0.39, 0.29) is 52.6 Å². The summed E-state index contributed by atoms with van der Waals surface area (Å²) >= 11 is 0. The third kappa shape index (κ3) is 6.52. The molecular formula is C35H28F6N4O4. The van der Waals surface area contributed by atoms with Crippen LogP contribution in [0.5, 0.6) is 11.5 Å². The highest BCUT2D eigenvalue weighted by Crippen LogP contribution is 2.52. The molecule has 0 radical (unpaired) electrons. The van der Waals surface area contributed by atoms with Crippen LogP contribution in [0.1, 0.15) is 45.8 Å². The lowest BCUT2D eigenvalue weighted by molar-refractivity contribution is -0.286. The van der Waals surface area contributed by atoms with Gasteiger partial charge in [0, 0.05) is 49.2 Å². The Morgan fingerprint density at radius 1 is 0.918 bits per heavy atom. The molecule has 8 nitrogen and oxygen atoms in total. The van der Waals surface area contributed by atoms with Crippen LogP contribution in [-0.2, 0) is 11.2 Å². The van der Waals surface area contributed by atoms with E-state index in [0.29, 0.717) is 37.7 Å². The van der Waals surface area contributed by atoms with Crippen molar-refractivity contribution in [3.8, 4) is 11.5 Å². The first kappa shape index (κ1) is 32.4. The second-order valence-electron chi connectivity index (χ2n) is 12.4. The highest BCUT2D eigenvalue weighted by atomic mass is 19.3. The maximum atomic E-state index is 15.4. The average Bonchev–Trinajstić information content (AvgIpc) is 3.61. The number of carbonyl (C=O) groups excluding carboxylic acids is 2. The largest absolute Gasteiger partial charge is 0.586 e. The number of pyridine rings is 1. The monoisotopic (exact) mass is 682 g/mol. The van der Waals surface area contributed by atoms with E-state index in [1.54, 1.807) is 4.90 Å². The fraction of sp³-hybridized carbons (Fsp3) is 0.286. The second kappa shape index (κ2) is 12.4. The molecule has 3 aromatic carbocycles. The number of amides is 2. The smallest absolute Gasteiger partial charge is 0.395 e. The molecule has 3 aliphatic rings. The zero-order chi connectivity index (χ0) is 34.5. The Morgan fingerprint density at radius 3 is 2.41 bits per heavy atom. The highest BCUT2D eigenvalue weighted by Gasteiger charge is 2.60. The van der Waals surface area contributed by atoms with Gasteiger partial charge in [-0.2, -0.15) is 0 Å². The van der Waals surface area contributed by atoms with Gasteiger partial charge in [0.05, 0.1) is 23.6 Å². The van der Waals surface area contributed by atoms with Crippen LogP contribution in [0.25, 0.3) is 0 Å². The summed E-state index contributed by atoms with van der Waals surface area (Å²) < 4.78 is 93.5. The van der Waals surface area contributed by atoms with Crippen molar-refractivity contribution in [3.63, 3.8) is 0 Å². The van der Waals surface area contributed by atoms with Crippen LogP contribution >= 0.6 is 0 Å². The number of fused-ring (bicyclic) bond motifs is 1. The van der Waals surface area contributed by atoms with Gasteiger partial charge in [0.15, 0.2) is 11.5 Å². The molecule has 1 aliphatic carbocycles. The molecule has 3 atom stereocenters. The number of rotatable bonds is 8. The van der Waals surface area contributed by atoms with E-state index >= 15 is 4.39 Å². The summed E-state index contributed by atoms with van der Waals surface area (Å²) in [5.74, 6) is -5.45. The fourth-order valence-corrected chi connectivity index (χ4v) is 6.84. The number of ether oxygens (including phenoxy) is 2. The number of anilines is 1. The summed E-state index contributed by atoms with van der Waals surface area (Å²) in [6, 6.07) is 11.9. The van der Waals surface area contributed by atoms with Crippen molar-refractivity contribution < 1.29 is 45.4 Å². The first-order chi connectivity index (χ1) is 23.4. The number of benzene rings is 3. The number of alkyl halides is 2. The van der Waals surface area contributed by atoms with E-state index in [4.69, 9.17) is 0 Å². The highest BCUT2D eigenvalue weighted by molar-refractivity contribution is 5.96. The average molecular weight is 683 g/mol. The number of nitrogens with zero attached hydrogens (tertiary/aromatic N) is 2. The lowest BCUT2D eigenvalue weighted by Crippen LogP contribution is -2.56. The molecule has 0 bridgehead atoms. The number of halogens is 6. The summed E-state index contributed by atoms with van der Waals surface area (Å²) in [4.78, 5) is 32.7. The van der Waals surface area contributed by atoms with E-state index in [0.717, 1.165) is 18.3 Å². The number of piperazine rings is 1. The lowest BCUT2D eigenvalue weighted by atomic mass is 9.88. The molecule has 1 spiro atoms. The topological polar surface area (TPSA) is 92.8 Å². The van der Waals surface area contributed by atoms with Crippen LogP contribution in [0.2, 0.25) is 0 Å². The SMILES string of the molecule is O=C(C[C@@H](c1ccc(F)cc1)c1cc(F)cc(F)c1)Nc1cncc(F)c1C[C@@H]1CC12CNCCN2C(=O)c1ccc2c(c1)OC(F)(F)O2. The minimum Gasteiger partial charge on any atom is -0.395 e. The lowest BCUT2D eigenvalue weighted by Gasteiger charge is -2.38. The zero-order valence-electron chi connectivity index (χ0n) is 25.6. The minimum atomic E-state index is -3.83. The quantitative estimate of drug-likeness (QED) is 0.216.